The van der Waals surface area contributed by atoms with E-state index in [1.165, 1.54) is 12.2 Å². The van der Waals surface area contributed by atoms with Crippen LogP contribution in [0.5, 0.6) is 0 Å². The van der Waals surface area contributed by atoms with E-state index in [9.17, 15) is 9.90 Å². The molecule has 0 bridgehead atoms. The molecule has 0 fully saturated rings. The van der Waals surface area contributed by atoms with E-state index in [-0.39, 0.29) is 11.5 Å². The third-order valence-corrected chi connectivity index (χ3v) is 2.99. The highest BCUT2D eigenvalue weighted by Crippen LogP contribution is 2.14. The second-order valence-corrected chi connectivity index (χ2v) is 4.57. The van der Waals surface area contributed by atoms with Crippen LogP contribution in [-0.2, 0) is 4.79 Å². The van der Waals surface area contributed by atoms with Crippen LogP contribution in [0.2, 0.25) is 0 Å². The fraction of sp³-hybridized carbons (Fsp3) is 0.188. The van der Waals surface area contributed by atoms with Crippen LogP contribution in [0.3, 0.4) is 0 Å². The lowest BCUT2D eigenvalue weighted by atomic mass is 10.1. The molecule has 1 aliphatic carbocycles. The number of nitrogens with two attached hydrogens (primary N) is 1. The average molecular weight is 270 g/mol. The van der Waals surface area contributed by atoms with Crippen molar-refractivity contribution in [3.8, 4) is 0 Å². The quantitative estimate of drug-likeness (QED) is 0.821. The molecular formula is C16H18N2O2. The Labute approximate surface area is 118 Å². The van der Waals surface area contributed by atoms with E-state index in [0.717, 1.165) is 24.1 Å². The summed E-state index contributed by atoms with van der Waals surface area (Å²) in [6.45, 7) is 1.60. The number of hydrogen-bond acceptors (Lipinski definition) is 4. The zero-order chi connectivity index (χ0) is 14.4. The standard InChI is InChI=1S/C16H18N2O2/c17-8-1-9-18-10-6-13(7-11-18)2-3-14-4-5-15(19)16(20)12-14/h2-7,10-12,20H,1,8-9,17H2. The van der Waals surface area contributed by atoms with Crippen LogP contribution in [0.25, 0.3) is 0 Å². The van der Waals surface area contributed by atoms with Crippen molar-refractivity contribution in [1.29, 1.82) is 0 Å². The first-order valence-electron chi connectivity index (χ1n) is 6.56. The maximum atomic E-state index is 11.1. The topological polar surface area (TPSA) is 66.6 Å². The Morgan fingerprint density at radius 1 is 1.10 bits per heavy atom. The van der Waals surface area contributed by atoms with E-state index in [2.05, 4.69) is 4.90 Å². The Bertz CT molecular complexity index is 547. The molecule has 4 heteroatoms. The number of aliphatic hydroxyl groups excluding tert-OH is 1. The van der Waals surface area contributed by atoms with E-state index in [0.29, 0.717) is 6.54 Å². The summed E-state index contributed by atoms with van der Waals surface area (Å²) in [6.07, 6.45) is 17.3. The molecule has 20 heavy (non-hydrogen) atoms. The van der Waals surface area contributed by atoms with Crippen LogP contribution in [-0.4, -0.2) is 28.9 Å². The summed E-state index contributed by atoms with van der Waals surface area (Å²) in [7, 11) is 0. The Kier molecular flexibility index (Phi) is 4.74. The zero-order valence-electron chi connectivity index (χ0n) is 11.2. The number of aliphatic hydroxyl groups is 1. The van der Waals surface area contributed by atoms with Gasteiger partial charge in [-0.1, -0.05) is 18.2 Å². The maximum Gasteiger partial charge on any atom is 0.220 e. The smallest absolute Gasteiger partial charge is 0.220 e. The Hall–Kier alpha value is -2.33. The summed E-state index contributed by atoms with van der Waals surface area (Å²) in [5.74, 6) is -0.581. The van der Waals surface area contributed by atoms with E-state index in [1.807, 2.05) is 36.7 Å². The number of carbonyl (C=O) groups is 1. The van der Waals surface area contributed by atoms with Gasteiger partial charge in [0.15, 0.2) is 5.76 Å². The van der Waals surface area contributed by atoms with E-state index in [4.69, 9.17) is 5.73 Å². The van der Waals surface area contributed by atoms with Gasteiger partial charge in [-0.25, -0.2) is 0 Å². The van der Waals surface area contributed by atoms with Crippen LogP contribution in [0.4, 0.5) is 0 Å². The number of allylic oxidation sites excluding steroid dienone is 9. The van der Waals surface area contributed by atoms with Crippen LogP contribution in [0, 0.1) is 0 Å². The fourth-order valence-corrected chi connectivity index (χ4v) is 1.83. The molecule has 104 valence electrons. The Morgan fingerprint density at radius 2 is 1.80 bits per heavy atom. The van der Waals surface area contributed by atoms with Crippen LogP contribution >= 0.6 is 0 Å². The Balaban J connectivity index is 1.99. The minimum atomic E-state index is -0.359. The number of hydrogen-bond donors (Lipinski definition) is 2. The van der Waals surface area contributed by atoms with Gasteiger partial charge in [0, 0.05) is 18.9 Å². The summed E-state index contributed by atoms with van der Waals surface area (Å²) in [6, 6.07) is 0. The lowest BCUT2D eigenvalue weighted by molar-refractivity contribution is -0.113. The second kappa shape index (κ2) is 6.73. The minimum Gasteiger partial charge on any atom is -0.504 e. The number of rotatable bonds is 4. The van der Waals surface area contributed by atoms with Crippen molar-refractivity contribution in [3.63, 3.8) is 0 Å². The SMILES string of the molecule is NCCCN1C=CC(=CC=C2C=CC(=O)C(O)=C2)C=C1. The molecule has 2 aliphatic rings. The first-order valence-corrected chi connectivity index (χ1v) is 6.56. The third-order valence-electron chi connectivity index (χ3n) is 2.99. The highest BCUT2D eigenvalue weighted by molar-refractivity contribution is 6.04. The van der Waals surface area contributed by atoms with E-state index in [1.54, 1.807) is 6.08 Å². The first kappa shape index (κ1) is 14.1. The van der Waals surface area contributed by atoms with Gasteiger partial charge in [-0.15, -0.1) is 0 Å². The van der Waals surface area contributed by atoms with Gasteiger partial charge in [0.1, 0.15) is 0 Å². The van der Waals surface area contributed by atoms with Crippen LogP contribution in [0.15, 0.2) is 71.8 Å². The summed E-state index contributed by atoms with van der Waals surface area (Å²) >= 11 is 0. The van der Waals surface area contributed by atoms with Gasteiger partial charge in [0.05, 0.1) is 0 Å². The van der Waals surface area contributed by atoms with Gasteiger partial charge in [0.2, 0.25) is 5.78 Å². The van der Waals surface area contributed by atoms with Crippen LogP contribution < -0.4 is 5.73 Å². The average Bonchev–Trinajstić information content (AvgIpc) is 2.47. The molecule has 0 aromatic carbocycles. The number of nitrogens with zero attached hydrogens (tertiary/aromatic N) is 1. The van der Waals surface area contributed by atoms with Gasteiger partial charge in [0.25, 0.3) is 0 Å². The van der Waals surface area contributed by atoms with Gasteiger partial charge in [-0.05, 0) is 48.4 Å². The normalized spacial score (nSPS) is 19.8. The molecule has 3 N–H and O–H groups in total. The maximum absolute atomic E-state index is 11.1. The van der Waals surface area contributed by atoms with Crippen LogP contribution in [0.1, 0.15) is 6.42 Å². The summed E-state index contributed by atoms with van der Waals surface area (Å²) in [5, 5.41) is 9.36. The molecule has 0 aromatic heterocycles. The van der Waals surface area contributed by atoms with E-state index < -0.39 is 0 Å². The molecule has 4 nitrogen and oxygen atoms in total. The molecule has 0 atom stereocenters. The molecular weight excluding hydrogens is 252 g/mol. The molecule has 0 spiro atoms. The largest absolute Gasteiger partial charge is 0.504 e. The van der Waals surface area contributed by atoms with Crippen molar-refractivity contribution >= 4 is 5.78 Å². The second-order valence-electron chi connectivity index (χ2n) is 4.57. The molecule has 0 saturated heterocycles. The highest BCUT2D eigenvalue weighted by atomic mass is 16.3. The zero-order valence-corrected chi connectivity index (χ0v) is 11.2. The summed E-state index contributed by atoms with van der Waals surface area (Å²) in [5.41, 5.74) is 7.32. The monoisotopic (exact) mass is 270 g/mol. The molecule has 0 aromatic rings. The summed E-state index contributed by atoms with van der Waals surface area (Å²) in [4.78, 5) is 13.2. The predicted octanol–water partition coefficient (Wildman–Crippen LogP) is 2.11. The van der Waals surface area contributed by atoms with Gasteiger partial charge < -0.3 is 15.7 Å². The van der Waals surface area contributed by atoms with Gasteiger partial charge in [-0.2, -0.15) is 0 Å². The number of ketones is 1. The molecule has 2 rings (SSSR count). The minimum absolute atomic E-state index is 0.222. The third kappa shape index (κ3) is 3.83. The Morgan fingerprint density at radius 3 is 2.45 bits per heavy atom. The van der Waals surface area contributed by atoms with Gasteiger partial charge in [-0.3, -0.25) is 4.79 Å². The van der Waals surface area contributed by atoms with Crippen molar-refractivity contribution < 1.29 is 9.90 Å². The lowest BCUT2D eigenvalue weighted by Crippen LogP contribution is -2.16. The molecule has 1 heterocycles. The molecule has 1 aliphatic heterocycles. The molecule has 0 radical (unpaired) electrons. The van der Waals surface area contributed by atoms with Crippen molar-refractivity contribution in [2.75, 3.05) is 13.1 Å². The lowest BCUT2D eigenvalue weighted by Gasteiger charge is -2.18. The molecule has 0 saturated carbocycles. The molecule has 0 amide bonds. The highest BCUT2D eigenvalue weighted by Gasteiger charge is 2.08. The van der Waals surface area contributed by atoms with Crippen molar-refractivity contribution in [1.82, 2.24) is 4.90 Å². The summed E-state index contributed by atoms with van der Waals surface area (Å²) < 4.78 is 0. The van der Waals surface area contributed by atoms with Crippen molar-refractivity contribution in [3.05, 3.63) is 71.8 Å². The fourth-order valence-electron chi connectivity index (χ4n) is 1.83. The van der Waals surface area contributed by atoms with E-state index >= 15 is 0 Å². The first-order chi connectivity index (χ1) is 9.69. The van der Waals surface area contributed by atoms with Crippen molar-refractivity contribution in [2.45, 2.75) is 6.42 Å². The van der Waals surface area contributed by atoms with Crippen molar-refractivity contribution in [2.24, 2.45) is 5.73 Å². The molecule has 0 unspecified atom stereocenters. The predicted molar refractivity (Wildman–Crippen MR) is 79.7 cm³/mol. The number of carbonyl (C=O) groups excluding carboxylic acids is 1. The van der Waals surface area contributed by atoms with Gasteiger partial charge >= 0.3 is 0 Å².